The zero-order valence-electron chi connectivity index (χ0n) is 13.9. The zero-order valence-corrected chi connectivity index (χ0v) is 14.7. The average Bonchev–Trinajstić information content (AvgIpc) is 2.89. The van der Waals surface area contributed by atoms with Gasteiger partial charge in [0.2, 0.25) is 0 Å². The van der Waals surface area contributed by atoms with E-state index in [-0.39, 0.29) is 5.91 Å². The molecule has 24 heavy (non-hydrogen) atoms. The summed E-state index contributed by atoms with van der Waals surface area (Å²) in [6.07, 6.45) is 0. The van der Waals surface area contributed by atoms with Crippen LogP contribution in [0.3, 0.4) is 0 Å². The Labute approximate surface area is 144 Å². The van der Waals surface area contributed by atoms with Crippen LogP contribution in [0.15, 0.2) is 35.5 Å². The van der Waals surface area contributed by atoms with Crippen LogP contribution in [0.25, 0.3) is 11.0 Å². The summed E-state index contributed by atoms with van der Waals surface area (Å²) in [4.78, 5) is 25.6. The molecule has 6 nitrogen and oxygen atoms in total. The molecule has 124 valence electrons. The first-order chi connectivity index (χ1) is 11.6. The third-order valence-corrected chi connectivity index (χ3v) is 4.36. The third-order valence-electron chi connectivity index (χ3n) is 3.63. The Kier molecular flexibility index (Phi) is 4.80. The topological polar surface area (TPSA) is 72.7 Å². The van der Waals surface area contributed by atoms with Crippen molar-refractivity contribution in [2.24, 2.45) is 7.05 Å². The zero-order chi connectivity index (χ0) is 17.1. The molecular weight excluding hydrogens is 322 g/mol. The molecule has 0 aliphatic carbocycles. The standard InChI is InChI=1S/C17H19N5OS/c1-4-24-17-19-11(2)9-13(21-17)16(23)18-10-15-20-12-7-5-6-8-14(12)22(15)3/h5-9H,4,10H2,1-3H3,(H,18,23). The van der Waals surface area contributed by atoms with Crippen molar-refractivity contribution in [2.75, 3.05) is 5.75 Å². The number of carbonyl (C=O) groups is 1. The second-order valence-electron chi connectivity index (χ2n) is 5.37. The molecule has 0 bridgehead atoms. The van der Waals surface area contributed by atoms with Crippen LogP contribution in [-0.4, -0.2) is 31.2 Å². The number of aromatic nitrogens is 4. The van der Waals surface area contributed by atoms with E-state index in [4.69, 9.17) is 0 Å². The van der Waals surface area contributed by atoms with Crippen molar-refractivity contribution in [3.8, 4) is 0 Å². The molecule has 0 radical (unpaired) electrons. The van der Waals surface area contributed by atoms with Gasteiger partial charge in [0.15, 0.2) is 5.16 Å². The molecule has 0 fully saturated rings. The maximum atomic E-state index is 12.4. The normalized spacial score (nSPS) is 11.0. The molecule has 1 aromatic carbocycles. The lowest BCUT2D eigenvalue weighted by Gasteiger charge is -2.07. The number of benzene rings is 1. The number of imidazole rings is 1. The summed E-state index contributed by atoms with van der Waals surface area (Å²) in [5, 5.41) is 3.52. The lowest BCUT2D eigenvalue weighted by atomic mass is 10.3. The molecule has 1 N–H and O–H groups in total. The molecule has 2 aromatic heterocycles. The number of rotatable bonds is 5. The van der Waals surface area contributed by atoms with E-state index in [1.54, 1.807) is 6.07 Å². The third kappa shape index (κ3) is 3.41. The predicted octanol–water partition coefficient (Wildman–Crippen LogP) is 2.71. The summed E-state index contributed by atoms with van der Waals surface area (Å²) >= 11 is 1.52. The van der Waals surface area contributed by atoms with Crippen LogP contribution in [0, 0.1) is 6.92 Å². The van der Waals surface area contributed by atoms with Gasteiger partial charge in [0.25, 0.3) is 5.91 Å². The Morgan fingerprint density at radius 2 is 2.04 bits per heavy atom. The van der Waals surface area contributed by atoms with Gasteiger partial charge in [-0.05, 0) is 30.9 Å². The minimum Gasteiger partial charge on any atom is -0.343 e. The molecule has 0 atom stereocenters. The fourth-order valence-electron chi connectivity index (χ4n) is 2.45. The quantitative estimate of drug-likeness (QED) is 0.571. The average molecular weight is 341 g/mol. The van der Waals surface area contributed by atoms with Crippen molar-refractivity contribution in [3.05, 3.63) is 47.5 Å². The van der Waals surface area contributed by atoms with E-state index in [1.807, 2.05) is 49.7 Å². The first-order valence-corrected chi connectivity index (χ1v) is 8.74. The molecule has 0 saturated heterocycles. The van der Waals surface area contributed by atoms with Crippen LogP contribution in [-0.2, 0) is 13.6 Å². The van der Waals surface area contributed by atoms with Crippen molar-refractivity contribution in [1.29, 1.82) is 0 Å². The van der Waals surface area contributed by atoms with Crippen molar-refractivity contribution in [1.82, 2.24) is 24.8 Å². The van der Waals surface area contributed by atoms with Crippen molar-refractivity contribution in [3.63, 3.8) is 0 Å². The molecule has 2 heterocycles. The van der Waals surface area contributed by atoms with Crippen LogP contribution in [0.1, 0.15) is 28.9 Å². The van der Waals surface area contributed by atoms with Crippen LogP contribution < -0.4 is 5.32 Å². The summed E-state index contributed by atoms with van der Waals surface area (Å²) in [5.74, 6) is 1.45. The highest BCUT2D eigenvalue weighted by atomic mass is 32.2. The van der Waals surface area contributed by atoms with Gasteiger partial charge in [0.05, 0.1) is 17.6 Å². The monoisotopic (exact) mass is 341 g/mol. The van der Waals surface area contributed by atoms with Gasteiger partial charge in [0, 0.05) is 12.7 Å². The summed E-state index contributed by atoms with van der Waals surface area (Å²) in [6.45, 7) is 4.24. The van der Waals surface area contributed by atoms with E-state index in [0.717, 1.165) is 28.3 Å². The summed E-state index contributed by atoms with van der Waals surface area (Å²) in [5.41, 5.74) is 3.14. The van der Waals surface area contributed by atoms with E-state index in [1.165, 1.54) is 11.8 Å². The number of thioether (sulfide) groups is 1. The second-order valence-corrected chi connectivity index (χ2v) is 6.60. The fourth-order valence-corrected chi connectivity index (χ4v) is 3.08. The molecule has 3 aromatic rings. The number of amides is 1. The van der Waals surface area contributed by atoms with Gasteiger partial charge in [-0.15, -0.1) is 0 Å². The Hall–Kier alpha value is -2.41. The van der Waals surface area contributed by atoms with Crippen LogP contribution in [0.4, 0.5) is 0 Å². The predicted molar refractivity (Wildman–Crippen MR) is 95.1 cm³/mol. The Balaban J connectivity index is 1.76. The lowest BCUT2D eigenvalue weighted by Crippen LogP contribution is -2.25. The molecule has 0 spiro atoms. The van der Waals surface area contributed by atoms with Crippen molar-refractivity contribution >= 4 is 28.7 Å². The highest BCUT2D eigenvalue weighted by Gasteiger charge is 2.13. The molecular formula is C17H19N5OS. The van der Waals surface area contributed by atoms with Crippen molar-refractivity contribution in [2.45, 2.75) is 25.5 Å². The van der Waals surface area contributed by atoms with E-state index in [9.17, 15) is 4.79 Å². The molecule has 0 unspecified atom stereocenters. The van der Waals surface area contributed by atoms with Crippen LogP contribution >= 0.6 is 11.8 Å². The second kappa shape index (κ2) is 7.00. The van der Waals surface area contributed by atoms with Gasteiger partial charge in [-0.2, -0.15) is 0 Å². The number of para-hydroxylation sites is 2. The molecule has 0 saturated carbocycles. The molecule has 0 aliphatic heterocycles. The smallest absolute Gasteiger partial charge is 0.270 e. The number of fused-ring (bicyclic) bond motifs is 1. The van der Waals surface area contributed by atoms with Gasteiger partial charge in [0.1, 0.15) is 11.5 Å². The number of hydrogen-bond acceptors (Lipinski definition) is 5. The number of nitrogens with zero attached hydrogens (tertiary/aromatic N) is 4. The van der Waals surface area contributed by atoms with Gasteiger partial charge in [-0.3, -0.25) is 4.79 Å². The summed E-state index contributed by atoms with van der Waals surface area (Å²) < 4.78 is 1.99. The minimum absolute atomic E-state index is 0.217. The Morgan fingerprint density at radius 3 is 2.79 bits per heavy atom. The molecule has 0 aliphatic rings. The highest BCUT2D eigenvalue weighted by molar-refractivity contribution is 7.99. The SMILES string of the molecule is CCSc1nc(C)cc(C(=O)NCc2nc3ccccc3n2C)n1. The lowest BCUT2D eigenvalue weighted by molar-refractivity contribution is 0.0943. The van der Waals surface area contributed by atoms with Crippen LogP contribution in [0.2, 0.25) is 0 Å². The minimum atomic E-state index is -0.217. The molecule has 3 rings (SSSR count). The van der Waals surface area contributed by atoms with Crippen LogP contribution in [0.5, 0.6) is 0 Å². The number of nitrogens with one attached hydrogen (secondary N) is 1. The fraction of sp³-hybridized carbons (Fsp3) is 0.294. The van der Waals surface area contributed by atoms with E-state index in [2.05, 4.69) is 20.3 Å². The van der Waals surface area contributed by atoms with E-state index in [0.29, 0.717) is 17.4 Å². The van der Waals surface area contributed by atoms with Crippen molar-refractivity contribution < 1.29 is 4.79 Å². The first kappa shape index (κ1) is 16.4. The molecule has 1 amide bonds. The number of hydrogen-bond donors (Lipinski definition) is 1. The number of aryl methyl sites for hydroxylation is 2. The van der Waals surface area contributed by atoms with E-state index >= 15 is 0 Å². The van der Waals surface area contributed by atoms with Gasteiger partial charge in [-0.25, -0.2) is 15.0 Å². The van der Waals surface area contributed by atoms with Gasteiger partial charge in [-0.1, -0.05) is 30.8 Å². The summed E-state index contributed by atoms with van der Waals surface area (Å²) in [7, 11) is 1.95. The van der Waals surface area contributed by atoms with Gasteiger partial charge >= 0.3 is 0 Å². The Morgan fingerprint density at radius 1 is 1.25 bits per heavy atom. The van der Waals surface area contributed by atoms with E-state index < -0.39 is 0 Å². The first-order valence-electron chi connectivity index (χ1n) is 7.75. The molecule has 7 heteroatoms. The largest absolute Gasteiger partial charge is 0.343 e. The maximum Gasteiger partial charge on any atom is 0.270 e. The van der Waals surface area contributed by atoms with Gasteiger partial charge < -0.3 is 9.88 Å². The maximum absolute atomic E-state index is 12.4. The highest BCUT2D eigenvalue weighted by Crippen LogP contribution is 2.15. The number of carbonyl (C=O) groups excluding carboxylic acids is 1. The summed E-state index contributed by atoms with van der Waals surface area (Å²) in [6, 6.07) is 9.60. The Bertz CT molecular complexity index is 890.